The third-order valence-electron chi connectivity index (χ3n) is 3.83. The van der Waals surface area contributed by atoms with E-state index in [9.17, 15) is 4.79 Å². The summed E-state index contributed by atoms with van der Waals surface area (Å²) in [5.41, 5.74) is -0.335. The van der Waals surface area contributed by atoms with Crippen LogP contribution in [-0.4, -0.2) is 50.1 Å². The van der Waals surface area contributed by atoms with E-state index in [0.717, 1.165) is 51.9 Å². The first kappa shape index (κ1) is 21.6. The molecule has 1 saturated heterocycles. The van der Waals surface area contributed by atoms with Crippen LogP contribution in [0.5, 0.6) is 0 Å². The molecule has 0 radical (unpaired) electrons. The van der Waals surface area contributed by atoms with Crippen molar-refractivity contribution < 1.29 is 4.79 Å². The van der Waals surface area contributed by atoms with Crippen molar-refractivity contribution in [3.05, 3.63) is 24.3 Å². The standard InChI is InChI=1S/C17H27N3O.C2H6/c1-3-4-5-6-7-8-9-14-20(16-18-2)17(15-21)10-12-19-13-11-17;1-2/h1,5-6,8-9,15,18-19H,4,7,10-14,16H2,2H3;1-2H3/b6-5-,9-8-;. The van der Waals surface area contributed by atoms with Crippen LogP contribution in [0, 0.1) is 12.3 Å². The summed E-state index contributed by atoms with van der Waals surface area (Å²) in [6, 6.07) is 0. The number of rotatable bonds is 9. The number of nitrogens with zero attached hydrogens (tertiary/aromatic N) is 1. The third kappa shape index (κ3) is 8.13. The lowest BCUT2D eigenvalue weighted by atomic mass is 9.88. The monoisotopic (exact) mass is 319 g/mol. The zero-order valence-electron chi connectivity index (χ0n) is 15.0. The minimum Gasteiger partial charge on any atom is -0.317 e. The highest BCUT2D eigenvalue weighted by Gasteiger charge is 2.36. The second kappa shape index (κ2) is 14.2. The molecule has 130 valence electrons. The van der Waals surface area contributed by atoms with E-state index in [2.05, 4.69) is 39.7 Å². The summed E-state index contributed by atoms with van der Waals surface area (Å²) in [4.78, 5) is 13.9. The second-order valence-electron chi connectivity index (χ2n) is 5.29. The highest BCUT2D eigenvalue weighted by molar-refractivity contribution is 5.64. The van der Waals surface area contributed by atoms with Crippen LogP contribution in [0.1, 0.15) is 39.5 Å². The first-order chi connectivity index (χ1) is 11.3. The summed E-state index contributed by atoms with van der Waals surface area (Å²) in [7, 11) is 1.92. The van der Waals surface area contributed by atoms with Gasteiger partial charge in [0.05, 0.1) is 5.54 Å². The van der Waals surface area contributed by atoms with Gasteiger partial charge in [-0.1, -0.05) is 38.2 Å². The molecule has 23 heavy (non-hydrogen) atoms. The van der Waals surface area contributed by atoms with Crippen molar-refractivity contribution in [2.75, 3.05) is 33.4 Å². The van der Waals surface area contributed by atoms with Crippen LogP contribution < -0.4 is 10.6 Å². The van der Waals surface area contributed by atoms with E-state index in [1.165, 1.54) is 0 Å². The van der Waals surface area contributed by atoms with Gasteiger partial charge in [0.1, 0.15) is 6.29 Å². The number of terminal acetylenes is 1. The molecule has 1 rings (SSSR count). The number of hydrogen-bond donors (Lipinski definition) is 2. The predicted octanol–water partition coefficient (Wildman–Crippen LogP) is 2.34. The van der Waals surface area contributed by atoms with Crippen LogP contribution in [0.15, 0.2) is 24.3 Å². The molecule has 0 aromatic heterocycles. The molecule has 0 aromatic carbocycles. The van der Waals surface area contributed by atoms with Gasteiger partial charge in [-0.15, -0.1) is 12.3 Å². The maximum Gasteiger partial charge on any atom is 0.140 e. The molecule has 4 nitrogen and oxygen atoms in total. The van der Waals surface area contributed by atoms with Crippen LogP contribution in [0.4, 0.5) is 0 Å². The number of piperidine rings is 1. The van der Waals surface area contributed by atoms with Crippen LogP contribution in [-0.2, 0) is 4.79 Å². The average Bonchev–Trinajstić information content (AvgIpc) is 2.62. The predicted molar refractivity (Wildman–Crippen MR) is 99.2 cm³/mol. The fourth-order valence-electron chi connectivity index (χ4n) is 2.59. The van der Waals surface area contributed by atoms with Gasteiger partial charge in [-0.05, 0) is 39.4 Å². The summed E-state index contributed by atoms with van der Waals surface area (Å²) in [5, 5.41) is 6.49. The molecule has 1 aliphatic rings. The molecule has 1 heterocycles. The Morgan fingerprint density at radius 1 is 1.22 bits per heavy atom. The summed E-state index contributed by atoms with van der Waals surface area (Å²) in [6.07, 6.45) is 17.9. The summed E-state index contributed by atoms with van der Waals surface area (Å²) < 4.78 is 0. The summed E-state index contributed by atoms with van der Waals surface area (Å²) >= 11 is 0. The minimum atomic E-state index is -0.335. The summed E-state index contributed by atoms with van der Waals surface area (Å²) in [5.74, 6) is 2.58. The fraction of sp³-hybridized carbons (Fsp3) is 0.632. The molecule has 0 bridgehead atoms. The Hall–Kier alpha value is -1.41. The highest BCUT2D eigenvalue weighted by atomic mass is 16.1. The van der Waals surface area contributed by atoms with Crippen molar-refractivity contribution in [2.24, 2.45) is 0 Å². The number of aldehydes is 1. The van der Waals surface area contributed by atoms with Crippen LogP contribution >= 0.6 is 0 Å². The molecule has 0 amide bonds. The lowest BCUT2D eigenvalue weighted by Gasteiger charge is -2.42. The van der Waals surface area contributed by atoms with Crippen LogP contribution in [0.25, 0.3) is 0 Å². The lowest BCUT2D eigenvalue weighted by Crippen LogP contribution is -2.57. The highest BCUT2D eigenvalue weighted by Crippen LogP contribution is 2.23. The Morgan fingerprint density at radius 3 is 2.43 bits per heavy atom. The van der Waals surface area contributed by atoms with E-state index >= 15 is 0 Å². The molecule has 0 saturated carbocycles. The Bertz CT molecular complexity index is 390. The molecule has 0 atom stereocenters. The Morgan fingerprint density at radius 2 is 1.87 bits per heavy atom. The molecule has 0 aliphatic carbocycles. The normalized spacial score (nSPS) is 17.0. The number of carbonyl (C=O) groups is 1. The van der Waals surface area contributed by atoms with Gasteiger partial charge >= 0.3 is 0 Å². The molecule has 2 N–H and O–H groups in total. The molecule has 4 heteroatoms. The van der Waals surface area contributed by atoms with Gasteiger partial charge in [-0.2, -0.15) is 0 Å². The van der Waals surface area contributed by atoms with Gasteiger partial charge in [0.2, 0.25) is 0 Å². The molecular weight excluding hydrogens is 286 g/mol. The SMILES string of the molecule is C#CC/C=C\C/C=C\CN(CNC)C1(C=O)CCNCC1.CC. The van der Waals surface area contributed by atoms with Gasteiger partial charge in [0, 0.05) is 19.6 Å². The van der Waals surface area contributed by atoms with E-state index in [1.54, 1.807) is 0 Å². The molecule has 1 aliphatic heterocycles. The van der Waals surface area contributed by atoms with Crippen molar-refractivity contribution in [1.82, 2.24) is 15.5 Å². The van der Waals surface area contributed by atoms with Gasteiger partial charge in [-0.3, -0.25) is 4.90 Å². The second-order valence-corrected chi connectivity index (χ2v) is 5.29. The smallest absolute Gasteiger partial charge is 0.140 e. The Balaban J connectivity index is 0.00000232. The Kier molecular flexibility index (Phi) is 13.3. The van der Waals surface area contributed by atoms with E-state index in [0.29, 0.717) is 6.42 Å². The first-order valence-electron chi connectivity index (χ1n) is 8.59. The van der Waals surface area contributed by atoms with Crippen molar-refractivity contribution in [2.45, 2.75) is 45.1 Å². The van der Waals surface area contributed by atoms with Gasteiger partial charge < -0.3 is 15.4 Å². The van der Waals surface area contributed by atoms with E-state index < -0.39 is 0 Å². The van der Waals surface area contributed by atoms with E-state index in [1.807, 2.05) is 27.0 Å². The van der Waals surface area contributed by atoms with E-state index in [-0.39, 0.29) is 5.54 Å². The Labute approximate surface area is 142 Å². The lowest BCUT2D eigenvalue weighted by molar-refractivity contribution is -0.120. The number of nitrogens with one attached hydrogen (secondary N) is 2. The largest absolute Gasteiger partial charge is 0.317 e. The molecule has 0 unspecified atom stereocenters. The van der Waals surface area contributed by atoms with Crippen molar-refractivity contribution in [1.29, 1.82) is 0 Å². The minimum absolute atomic E-state index is 0.335. The first-order valence-corrected chi connectivity index (χ1v) is 8.59. The number of allylic oxidation sites excluding steroid dienone is 3. The number of carbonyl (C=O) groups excluding carboxylic acids is 1. The van der Waals surface area contributed by atoms with Gasteiger partial charge in [0.15, 0.2) is 0 Å². The van der Waals surface area contributed by atoms with E-state index in [4.69, 9.17) is 6.42 Å². The maximum atomic E-state index is 11.7. The quantitative estimate of drug-likeness (QED) is 0.296. The summed E-state index contributed by atoms with van der Waals surface area (Å²) in [6.45, 7) is 7.30. The third-order valence-corrected chi connectivity index (χ3v) is 3.83. The fourth-order valence-corrected chi connectivity index (χ4v) is 2.59. The number of hydrogen-bond acceptors (Lipinski definition) is 4. The van der Waals surface area contributed by atoms with Crippen molar-refractivity contribution in [3.63, 3.8) is 0 Å². The van der Waals surface area contributed by atoms with Gasteiger partial charge in [0.25, 0.3) is 0 Å². The average molecular weight is 319 g/mol. The van der Waals surface area contributed by atoms with Crippen LogP contribution in [0.2, 0.25) is 0 Å². The van der Waals surface area contributed by atoms with Gasteiger partial charge in [-0.25, -0.2) is 0 Å². The maximum absolute atomic E-state index is 11.7. The molecule has 0 aromatic rings. The molecule has 1 fully saturated rings. The zero-order chi connectivity index (χ0) is 17.4. The zero-order valence-corrected chi connectivity index (χ0v) is 15.0. The van der Waals surface area contributed by atoms with Crippen molar-refractivity contribution in [3.8, 4) is 12.3 Å². The van der Waals surface area contributed by atoms with Crippen molar-refractivity contribution >= 4 is 6.29 Å². The topological polar surface area (TPSA) is 44.4 Å². The molecule has 0 spiro atoms. The van der Waals surface area contributed by atoms with Crippen LogP contribution in [0.3, 0.4) is 0 Å². The molecular formula is C19H33N3O.